The van der Waals surface area contributed by atoms with Crippen LogP contribution in [-0.4, -0.2) is 81.2 Å². The van der Waals surface area contributed by atoms with E-state index >= 15 is 0 Å². The molecule has 60 heavy (non-hydrogen) atoms. The van der Waals surface area contributed by atoms with Crippen LogP contribution in [0.2, 0.25) is 0 Å². The normalized spacial score (nSPS) is 15.0. The Morgan fingerprint density at radius 3 is 0.850 bits per heavy atom. The van der Waals surface area contributed by atoms with Gasteiger partial charge in [0.1, 0.15) is 0 Å². The molecule has 0 bridgehead atoms. The Morgan fingerprint density at radius 2 is 0.633 bits per heavy atom. The molecule has 12 nitrogen and oxygen atoms in total. The minimum absolute atomic E-state index is 0.0265. The molecule has 0 spiro atoms. The van der Waals surface area contributed by atoms with Crippen molar-refractivity contribution in [2.75, 3.05) is 39.6 Å². The second-order valence-electron chi connectivity index (χ2n) is 15.4. The summed E-state index contributed by atoms with van der Waals surface area (Å²) >= 11 is 0. The Kier molecular flexibility index (Phi) is 20.8. The Bertz CT molecular complexity index is 1740. The van der Waals surface area contributed by atoms with Gasteiger partial charge in [-0.3, -0.25) is 0 Å². The molecule has 15 heteroatoms. The topological polar surface area (TPSA) is 121 Å². The molecular weight excluding hydrogens is 811 g/mol. The van der Waals surface area contributed by atoms with E-state index < -0.39 is 61.9 Å². The number of hydrogen-bond acceptors (Lipinski definition) is 9. The van der Waals surface area contributed by atoms with Gasteiger partial charge in [-0.2, -0.15) is 0 Å². The molecular formula is C45H66N3O9Si3. The van der Waals surface area contributed by atoms with Gasteiger partial charge in [0.05, 0.1) is 17.0 Å². The van der Waals surface area contributed by atoms with Crippen LogP contribution in [0, 0.1) is 0 Å². The zero-order valence-corrected chi connectivity index (χ0v) is 40.0. The summed E-state index contributed by atoms with van der Waals surface area (Å²) in [7, 11) is -6.97. The van der Waals surface area contributed by atoms with Gasteiger partial charge >= 0.3 is 44.9 Å². The SMILES string of the molecule is CCCO[Si](OCC(C)c1ccccc1)C(C)n1c(=O)n(C(C)[Si](OCCC)OCC(C)c2ccccc2)c(=O)n(C(C)[Si](OCCC)OCC(C)c2ccccc2)c1=O. The van der Waals surface area contributed by atoms with Gasteiger partial charge in [0.15, 0.2) is 0 Å². The van der Waals surface area contributed by atoms with Crippen molar-refractivity contribution in [3.8, 4) is 0 Å². The molecule has 0 N–H and O–H groups in total. The minimum Gasteiger partial charge on any atom is -0.392 e. The van der Waals surface area contributed by atoms with Gasteiger partial charge in [-0.25, -0.2) is 28.1 Å². The summed E-state index contributed by atoms with van der Waals surface area (Å²) in [6.07, 6.45) is 2.14. The van der Waals surface area contributed by atoms with Crippen molar-refractivity contribution in [2.24, 2.45) is 0 Å². The van der Waals surface area contributed by atoms with Crippen LogP contribution in [0.3, 0.4) is 0 Å². The van der Waals surface area contributed by atoms with Crippen molar-refractivity contribution in [3.05, 3.63) is 139 Å². The van der Waals surface area contributed by atoms with Gasteiger partial charge in [-0.1, -0.05) is 133 Å². The van der Waals surface area contributed by atoms with Crippen molar-refractivity contribution in [1.29, 1.82) is 0 Å². The third-order valence-corrected chi connectivity index (χ3v) is 15.9. The zero-order valence-electron chi connectivity index (χ0n) is 37.0. The average Bonchev–Trinajstić information content (AvgIpc) is 3.26. The fraction of sp³-hybridized carbons (Fsp3) is 0.533. The first-order valence-electron chi connectivity index (χ1n) is 21.5. The van der Waals surface area contributed by atoms with Crippen LogP contribution in [0.1, 0.15) is 133 Å². The van der Waals surface area contributed by atoms with Crippen LogP contribution in [-0.2, 0) is 26.6 Å². The number of aromatic nitrogens is 3. The molecule has 0 saturated heterocycles. The molecule has 0 aliphatic carbocycles. The molecule has 0 aliphatic rings. The Balaban J connectivity index is 1.82. The highest BCUT2D eigenvalue weighted by molar-refractivity contribution is 6.46. The van der Waals surface area contributed by atoms with Gasteiger partial charge in [-0.15, -0.1) is 0 Å². The molecule has 0 saturated carbocycles. The smallest absolute Gasteiger partial charge is 0.392 e. The van der Waals surface area contributed by atoms with E-state index in [9.17, 15) is 14.4 Å². The quantitative estimate of drug-likeness (QED) is 0.0556. The van der Waals surface area contributed by atoms with Crippen molar-refractivity contribution in [1.82, 2.24) is 13.7 Å². The van der Waals surface area contributed by atoms with E-state index in [0.29, 0.717) is 58.9 Å². The lowest BCUT2D eigenvalue weighted by Gasteiger charge is -2.29. The first-order chi connectivity index (χ1) is 28.9. The third kappa shape index (κ3) is 13.5. The largest absolute Gasteiger partial charge is 0.410 e. The molecule has 4 aromatic rings. The summed E-state index contributed by atoms with van der Waals surface area (Å²) in [6, 6.07) is 30.1. The molecule has 3 aromatic carbocycles. The van der Waals surface area contributed by atoms with E-state index in [1.54, 1.807) is 20.8 Å². The monoisotopic (exact) mass is 876 g/mol. The van der Waals surface area contributed by atoms with Crippen LogP contribution >= 0.6 is 0 Å². The van der Waals surface area contributed by atoms with Gasteiger partial charge in [0.2, 0.25) is 0 Å². The first kappa shape index (κ1) is 49.1. The molecule has 3 radical (unpaired) electrons. The summed E-state index contributed by atoms with van der Waals surface area (Å²) in [6.45, 7) is 19.6. The summed E-state index contributed by atoms with van der Waals surface area (Å²) in [5.41, 5.74) is -1.49. The molecule has 1 heterocycles. The maximum atomic E-state index is 14.9. The minimum atomic E-state index is -2.32. The lowest BCUT2D eigenvalue weighted by molar-refractivity contribution is 0.163. The second kappa shape index (κ2) is 25.4. The summed E-state index contributed by atoms with van der Waals surface area (Å²) in [5.74, 6) is 0.0795. The summed E-state index contributed by atoms with van der Waals surface area (Å²) < 4.78 is 42.1. The van der Waals surface area contributed by atoms with Crippen LogP contribution in [0.25, 0.3) is 0 Å². The molecule has 1 aromatic heterocycles. The Morgan fingerprint density at radius 1 is 0.400 bits per heavy atom. The number of nitrogens with zero attached hydrogens (tertiary/aromatic N) is 3. The van der Waals surface area contributed by atoms with Crippen molar-refractivity contribution in [3.63, 3.8) is 0 Å². The average molecular weight is 877 g/mol. The Hall–Kier alpha value is -3.52. The first-order valence-corrected chi connectivity index (χ1v) is 25.6. The van der Waals surface area contributed by atoms with Crippen molar-refractivity contribution in [2.45, 2.75) is 116 Å². The number of rotatable bonds is 27. The maximum Gasteiger partial charge on any atom is 0.410 e. The number of hydrogen-bond donors (Lipinski definition) is 0. The van der Waals surface area contributed by atoms with Crippen LogP contribution in [0.5, 0.6) is 0 Å². The predicted molar refractivity (Wildman–Crippen MR) is 242 cm³/mol. The van der Waals surface area contributed by atoms with E-state index in [2.05, 4.69) is 20.8 Å². The van der Waals surface area contributed by atoms with Gasteiger partial charge in [0.25, 0.3) is 0 Å². The van der Waals surface area contributed by atoms with Gasteiger partial charge in [0, 0.05) is 57.4 Å². The molecule has 0 amide bonds. The fourth-order valence-electron chi connectivity index (χ4n) is 6.62. The van der Waals surface area contributed by atoms with E-state index in [1.165, 1.54) is 0 Å². The predicted octanol–water partition coefficient (Wildman–Crippen LogP) is 7.68. The summed E-state index contributed by atoms with van der Waals surface area (Å²) in [5, 5.41) is 0. The number of benzene rings is 3. The Labute approximate surface area is 361 Å². The van der Waals surface area contributed by atoms with Crippen LogP contribution in [0.4, 0.5) is 0 Å². The van der Waals surface area contributed by atoms with Crippen LogP contribution in [0.15, 0.2) is 105 Å². The van der Waals surface area contributed by atoms with Gasteiger partial charge in [-0.05, 0) is 56.7 Å². The maximum absolute atomic E-state index is 14.9. The van der Waals surface area contributed by atoms with E-state index in [0.717, 1.165) is 30.4 Å². The van der Waals surface area contributed by atoms with Crippen molar-refractivity contribution < 1.29 is 26.6 Å². The molecule has 0 fully saturated rings. The molecule has 0 aliphatic heterocycles. The lowest BCUT2D eigenvalue weighted by Crippen LogP contribution is -2.61. The fourth-order valence-corrected chi connectivity index (χ4v) is 12.1. The molecule has 6 unspecified atom stereocenters. The zero-order chi connectivity index (χ0) is 43.6. The highest BCUT2D eigenvalue weighted by Gasteiger charge is 2.39. The van der Waals surface area contributed by atoms with Crippen LogP contribution < -0.4 is 17.1 Å². The third-order valence-electron chi connectivity index (χ3n) is 10.3. The van der Waals surface area contributed by atoms with E-state index in [1.807, 2.05) is 112 Å². The standard InChI is InChI=1S/C45H66N3O9Si3/c1-10-28-52-58(55-31-34(4)40-22-16-13-17-23-40)37(7)46-43(49)47(38(8)59(53-29-11-2)56-32-35(5)41-24-18-14-19-25-41)45(51)48(44(46)50)39(9)60(54-30-12-3)57-33-36(6)42-26-20-15-21-27-42/h13-27,34-39H,10-12,28-33H2,1-9H3. The highest BCUT2D eigenvalue weighted by atomic mass is 28.3. The molecule has 327 valence electrons. The molecule has 6 atom stereocenters. The second-order valence-corrected chi connectivity index (χ2v) is 21.5. The van der Waals surface area contributed by atoms with Crippen molar-refractivity contribution >= 4 is 27.9 Å². The highest BCUT2D eigenvalue weighted by Crippen LogP contribution is 2.22. The molecule has 4 rings (SSSR count). The summed E-state index contributed by atoms with van der Waals surface area (Å²) in [4.78, 5) is 44.8. The van der Waals surface area contributed by atoms with E-state index in [4.69, 9.17) is 26.6 Å². The van der Waals surface area contributed by atoms with E-state index in [-0.39, 0.29) is 17.8 Å². The van der Waals surface area contributed by atoms with Gasteiger partial charge < -0.3 is 26.6 Å². The lowest BCUT2D eigenvalue weighted by atomic mass is 10.0.